The second-order valence-electron chi connectivity index (χ2n) is 6.32. The second-order valence-corrected chi connectivity index (χ2v) is 8.00. The van der Waals surface area contributed by atoms with Gasteiger partial charge in [0.25, 0.3) is 15.9 Å². The SMILES string of the molecule is O=C(NCCC1CCCO1)c1ccc(S(=O)(=O)Nc2ccc(F)cc2)cc1. The van der Waals surface area contributed by atoms with E-state index in [0.717, 1.165) is 25.9 Å². The molecule has 6 nitrogen and oxygen atoms in total. The number of carbonyl (C=O) groups excluding carboxylic acids is 1. The third-order valence-corrected chi connectivity index (χ3v) is 5.70. The van der Waals surface area contributed by atoms with Gasteiger partial charge in [-0.1, -0.05) is 0 Å². The van der Waals surface area contributed by atoms with E-state index in [1.165, 1.54) is 48.5 Å². The van der Waals surface area contributed by atoms with Gasteiger partial charge in [-0.25, -0.2) is 12.8 Å². The van der Waals surface area contributed by atoms with Crippen LogP contribution in [0.3, 0.4) is 0 Å². The number of carbonyl (C=O) groups is 1. The third kappa shape index (κ3) is 5.27. The molecule has 3 rings (SSSR count). The van der Waals surface area contributed by atoms with Crippen LogP contribution >= 0.6 is 0 Å². The summed E-state index contributed by atoms with van der Waals surface area (Å²) in [4.78, 5) is 12.2. The Kier molecular flexibility index (Phi) is 6.08. The second kappa shape index (κ2) is 8.49. The van der Waals surface area contributed by atoms with Gasteiger partial charge in [-0.3, -0.25) is 9.52 Å². The van der Waals surface area contributed by atoms with Crippen molar-refractivity contribution in [2.45, 2.75) is 30.3 Å². The lowest BCUT2D eigenvalue weighted by Crippen LogP contribution is -2.27. The average Bonchev–Trinajstić information content (AvgIpc) is 3.17. The van der Waals surface area contributed by atoms with Crippen LogP contribution in [0, 0.1) is 5.82 Å². The molecule has 2 N–H and O–H groups in total. The fraction of sp³-hybridized carbons (Fsp3) is 0.316. The van der Waals surface area contributed by atoms with Crippen LogP contribution in [0.25, 0.3) is 0 Å². The molecule has 27 heavy (non-hydrogen) atoms. The van der Waals surface area contributed by atoms with Crippen molar-refractivity contribution in [3.8, 4) is 0 Å². The zero-order chi connectivity index (χ0) is 19.3. The van der Waals surface area contributed by atoms with Crippen molar-refractivity contribution in [3.05, 3.63) is 59.9 Å². The van der Waals surface area contributed by atoms with Gasteiger partial charge in [0.1, 0.15) is 5.82 Å². The first-order valence-corrected chi connectivity index (χ1v) is 10.2. The summed E-state index contributed by atoms with van der Waals surface area (Å²) in [5, 5.41) is 2.81. The van der Waals surface area contributed by atoms with E-state index in [-0.39, 0.29) is 22.6 Å². The molecule has 8 heteroatoms. The maximum Gasteiger partial charge on any atom is 0.261 e. The van der Waals surface area contributed by atoms with Crippen molar-refractivity contribution in [1.29, 1.82) is 0 Å². The summed E-state index contributed by atoms with van der Waals surface area (Å²) in [6.45, 7) is 1.29. The lowest BCUT2D eigenvalue weighted by Gasteiger charge is -2.11. The fourth-order valence-corrected chi connectivity index (χ4v) is 3.90. The van der Waals surface area contributed by atoms with Crippen LogP contribution in [0.4, 0.5) is 10.1 Å². The Hall–Kier alpha value is -2.45. The number of sulfonamides is 1. The van der Waals surface area contributed by atoms with Gasteiger partial charge in [0.15, 0.2) is 0 Å². The first-order chi connectivity index (χ1) is 12.9. The Morgan fingerprint density at radius 3 is 2.44 bits per heavy atom. The van der Waals surface area contributed by atoms with Crippen LogP contribution in [0.15, 0.2) is 53.4 Å². The molecule has 144 valence electrons. The van der Waals surface area contributed by atoms with Crippen LogP contribution in [0.1, 0.15) is 29.6 Å². The molecule has 1 amide bonds. The quantitative estimate of drug-likeness (QED) is 0.759. The van der Waals surface area contributed by atoms with E-state index >= 15 is 0 Å². The summed E-state index contributed by atoms with van der Waals surface area (Å²) >= 11 is 0. The third-order valence-electron chi connectivity index (χ3n) is 4.30. The average molecular weight is 392 g/mol. The van der Waals surface area contributed by atoms with Gasteiger partial charge in [-0.2, -0.15) is 0 Å². The molecule has 0 bridgehead atoms. The summed E-state index contributed by atoms with van der Waals surface area (Å²) in [5.41, 5.74) is 0.635. The molecular weight excluding hydrogens is 371 g/mol. The maximum atomic E-state index is 12.9. The lowest BCUT2D eigenvalue weighted by atomic mass is 10.1. The van der Waals surface area contributed by atoms with Crippen LogP contribution in [-0.4, -0.2) is 33.6 Å². The summed E-state index contributed by atoms with van der Waals surface area (Å²) in [6.07, 6.45) is 3.04. The van der Waals surface area contributed by atoms with E-state index in [2.05, 4.69) is 10.0 Å². The fourth-order valence-electron chi connectivity index (χ4n) is 2.84. The molecule has 0 aliphatic carbocycles. The minimum absolute atomic E-state index is 0.0164. The van der Waals surface area contributed by atoms with Gasteiger partial charge < -0.3 is 10.1 Å². The molecular formula is C19H21FN2O4S. The Labute approximate surface area is 157 Å². The predicted octanol–water partition coefficient (Wildman–Crippen LogP) is 2.93. The Balaban J connectivity index is 1.58. The number of ether oxygens (including phenoxy) is 1. The Bertz CT molecular complexity index is 877. The van der Waals surface area contributed by atoms with Gasteiger partial charge in [0.05, 0.1) is 11.0 Å². The monoisotopic (exact) mass is 392 g/mol. The molecule has 0 spiro atoms. The first-order valence-electron chi connectivity index (χ1n) is 8.72. The number of rotatable bonds is 7. The zero-order valence-electron chi connectivity index (χ0n) is 14.7. The summed E-state index contributed by atoms with van der Waals surface area (Å²) in [5.74, 6) is -0.712. The molecule has 0 aromatic heterocycles. The van der Waals surface area contributed by atoms with E-state index < -0.39 is 15.8 Å². The molecule has 1 heterocycles. The largest absolute Gasteiger partial charge is 0.378 e. The number of anilines is 1. The molecule has 1 fully saturated rings. The lowest BCUT2D eigenvalue weighted by molar-refractivity contribution is 0.0907. The minimum atomic E-state index is -3.82. The number of hydrogen-bond acceptors (Lipinski definition) is 4. The smallest absolute Gasteiger partial charge is 0.261 e. The molecule has 1 atom stereocenters. The van der Waals surface area contributed by atoms with Crippen molar-refractivity contribution in [3.63, 3.8) is 0 Å². The number of hydrogen-bond donors (Lipinski definition) is 2. The summed E-state index contributed by atoms with van der Waals surface area (Å²) in [6, 6.07) is 10.7. The highest BCUT2D eigenvalue weighted by atomic mass is 32.2. The Morgan fingerprint density at radius 1 is 1.11 bits per heavy atom. The van der Waals surface area contributed by atoms with Gasteiger partial charge >= 0.3 is 0 Å². The van der Waals surface area contributed by atoms with Crippen molar-refractivity contribution < 1.29 is 22.3 Å². The summed E-state index contributed by atoms with van der Waals surface area (Å²) < 4.78 is 45.5. The Morgan fingerprint density at radius 2 is 1.81 bits per heavy atom. The molecule has 0 saturated carbocycles. The molecule has 2 aromatic rings. The van der Waals surface area contributed by atoms with Gasteiger partial charge in [0.2, 0.25) is 0 Å². The minimum Gasteiger partial charge on any atom is -0.378 e. The van der Waals surface area contributed by atoms with Crippen molar-refractivity contribution >= 4 is 21.6 Å². The van der Waals surface area contributed by atoms with Gasteiger partial charge in [-0.15, -0.1) is 0 Å². The van der Waals surface area contributed by atoms with Crippen LogP contribution < -0.4 is 10.0 Å². The zero-order valence-corrected chi connectivity index (χ0v) is 15.5. The van der Waals surface area contributed by atoms with Crippen LogP contribution in [-0.2, 0) is 14.8 Å². The maximum absolute atomic E-state index is 12.9. The predicted molar refractivity (Wildman–Crippen MR) is 99.6 cm³/mol. The first kappa shape index (κ1) is 19.3. The van der Waals surface area contributed by atoms with E-state index in [4.69, 9.17) is 4.74 Å². The highest BCUT2D eigenvalue weighted by molar-refractivity contribution is 7.92. The number of amides is 1. The van der Waals surface area contributed by atoms with Crippen molar-refractivity contribution in [2.75, 3.05) is 17.9 Å². The number of benzene rings is 2. The van der Waals surface area contributed by atoms with Crippen molar-refractivity contribution in [2.24, 2.45) is 0 Å². The van der Waals surface area contributed by atoms with Crippen LogP contribution in [0.5, 0.6) is 0 Å². The molecule has 2 aromatic carbocycles. The van der Waals surface area contributed by atoms with E-state index in [1.807, 2.05) is 0 Å². The summed E-state index contributed by atoms with van der Waals surface area (Å²) in [7, 11) is -3.82. The van der Waals surface area contributed by atoms with Crippen molar-refractivity contribution in [1.82, 2.24) is 5.32 Å². The van der Waals surface area contributed by atoms with E-state index in [0.29, 0.717) is 12.1 Å². The van der Waals surface area contributed by atoms with Gasteiger partial charge in [-0.05, 0) is 67.8 Å². The van der Waals surface area contributed by atoms with Gasteiger partial charge in [0, 0.05) is 24.4 Å². The van der Waals surface area contributed by atoms with E-state index in [1.54, 1.807) is 0 Å². The molecule has 1 aliphatic rings. The highest BCUT2D eigenvalue weighted by Crippen LogP contribution is 2.17. The highest BCUT2D eigenvalue weighted by Gasteiger charge is 2.17. The van der Waals surface area contributed by atoms with E-state index in [9.17, 15) is 17.6 Å². The molecule has 1 unspecified atom stereocenters. The number of halogens is 1. The molecule has 1 aliphatic heterocycles. The molecule has 0 radical (unpaired) electrons. The topological polar surface area (TPSA) is 84.5 Å². The number of nitrogens with one attached hydrogen (secondary N) is 2. The normalized spacial score (nSPS) is 16.9. The molecule has 1 saturated heterocycles. The standard InChI is InChI=1S/C19H21FN2O4S/c20-15-5-7-16(8-6-15)22-27(24,25)18-9-3-14(4-10-18)19(23)21-12-11-17-2-1-13-26-17/h3-10,17,22H,1-2,11-13H2,(H,21,23). The van der Waals surface area contributed by atoms with Crippen LogP contribution in [0.2, 0.25) is 0 Å².